The summed E-state index contributed by atoms with van der Waals surface area (Å²) in [6, 6.07) is 8.91. The van der Waals surface area contributed by atoms with E-state index in [4.69, 9.17) is 18.9 Å². The van der Waals surface area contributed by atoms with Crippen LogP contribution in [0.2, 0.25) is 0 Å². The number of carbonyl (C=O) groups is 1. The number of hydrogen-bond acceptors (Lipinski definition) is 5. The van der Waals surface area contributed by atoms with Crippen molar-refractivity contribution in [2.45, 2.75) is 51.7 Å². The van der Waals surface area contributed by atoms with Gasteiger partial charge in [-0.1, -0.05) is 44.4 Å². The van der Waals surface area contributed by atoms with Crippen LogP contribution in [0, 0.1) is 0 Å². The first-order valence-corrected chi connectivity index (χ1v) is 9.41. The van der Waals surface area contributed by atoms with Crippen molar-refractivity contribution in [3.63, 3.8) is 0 Å². The van der Waals surface area contributed by atoms with Crippen molar-refractivity contribution in [1.29, 1.82) is 0 Å². The van der Waals surface area contributed by atoms with Crippen molar-refractivity contribution in [1.82, 2.24) is 0 Å². The van der Waals surface area contributed by atoms with Crippen LogP contribution in [0.1, 0.15) is 46.0 Å². The molecule has 26 heavy (non-hydrogen) atoms. The fourth-order valence-electron chi connectivity index (χ4n) is 2.46. The molecule has 0 fully saturated rings. The minimum atomic E-state index is -1.70. The van der Waals surface area contributed by atoms with Gasteiger partial charge >= 0.3 is 11.8 Å². The average Bonchev–Trinajstić information content (AvgIpc) is 2.65. The fourth-order valence-corrected chi connectivity index (χ4v) is 2.46. The Kier molecular flexibility index (Phi) is 11.7. The third-order valence-electron chi connectivity index (χ3n) is 3.85. The van der Waals surface area contributed by atoms with E-state index in [1.807, 2.05) is 13.0 Å². The number of carboxylic acids is 1. The Morgan fingerprint density at radius 1 is 0.962 bits per heavy atom. The van der Waals surface area contributed by atoms with Gasteiger partial charge in [-0.25, -0.2) is 4.79 Å². The molecular formula is C20H32O6. The van der Waals surface area contributed by atoms with Gasteiger partial charge in [0.2, 0.25) is 0 Å². The van der Waals surface area contributed by atoms with Crippen LogP contribution in [0.3, 0.4) is 0 Å². The molecule has 1 atom stereocenters. The monoisotopic (exact) mass is 368 g/mol. The van der Waals surface area contributed by atoms with E-state index < -0.39 is 11.8 Å². The topological polar surface area (TPSA) is 74.2 Å². The molecule has 0 aliphatic carbocycles. The van der Waals surface area contributed by atoms with E-state index in [9.17, 15) is 9.90 Å². The summed E-state index contributed by atoms with van der Waals surface area (Å²) in [6.45, 7) is 6.06. The molecule has 0 bridgehead atoms. The summed E-state index contributed by atoms with van der Waals surface area (Å²) >= 11 is 0. The van der Waals surface area contributed by atoms with Crippen LogP contribution < -0.4 is 4.74 Å². The highest BCUT2D eigenvalue weighted by atomic mass is 16.7. The van der Waals surface area contributed by atoms with E-state index in [0.29, 0.717) is 25.6 Å². The van der Waals surface area contributed by atoms with Crippen molar-refractivity contribution in [3.8, 4) is 5.75 Å². The molecule has 6 nitrogen and oxygen atoms in total. The third kappa shape index (κ3) is 8.65. The lowest BCUT2D eigenvalue weighted by Gasteiger charge is -2.30. The van der Waals surface area contributed by atoms with Crippen molar-refractivity contribution in [2.75, 3.05) is 33.0 Å². The Morgan fingerprint density at radius 2 is 1.65 bits per heavy atom. The van der Waals surface area contributed by atoms with Gasteiger partial charge in [0.15, 0.2) is 0 Å². The van der Waals surface area contributed by atoms with Crippen LogP contribution in [-0.4, -0.2) is 49.9 Å². The van der Waals surface area contributed by atoms with Gasteiger partial charge in [-0.15, -0.1) is 0 Å². The summed E-state index contributed by atoms with van der Waals surface area (Å²) < 4.78 is 22.1. The fraction of sp³-hybridized carbons (Fsp3) is 0.650. The third-order valence-corrected chi connectivity index (χ3v) is 3.85. The molecule has 0 amide bonds. The molecule has 1 aromatic carbocycles. The zero-order valence-corrected chi connectivity index (χ0v) is 15.9. The zero-order chi connectivity index (χ0) is 19.1. The van der Waals surface area contributed by atoms with Crippen molar-refractivity contribution in [2.24, 2.45) is 0 Å². The molecule has 0 aromatic heterocycles. The molecule has 0 aliphatic heterocycles. The molecule has 1 aromatic rings. The Labute approximate surface area is 156 Å². The molecule has 1 rings (SSSR count). The van der Waals surface area contributed by atoms with Gasteiger partial charge in [0.05, 0.1) is 26.4 Å². The molecule has 0 saturated carbocycles. The lowest BCUT2D eigenvalue weighted by Crippen LogP contribution is -2.48. The molecule has 0 saturated heterocycles. The van der Waals surface area contributed by atoms with Crippen molar-refractivity contribution < 1.29 is 28.8 Å². The summed E-state index contributed by atoms with van der Waals surface area (Å²) in [7, 11) is 0. The van der Waals surface area contributed by atoms with Crippen LogP contribution >= 0.6 is 0 Å². The molecule has 6 heteroatoms. The lowest BCUT2D eigenvalue weighted by atomic mass is 10.1. The largest absolute Gasteiger partial charge is 0.476 e. The summed E-state index contributed by atoms with van der Waals surface area (Å²) in [6.07, 6.45) is 4.09. The zero-order valence-electron chi connectivity index (χ0n) is 15.9. The predicted octanol–water partition coefficient (Wildman–Crippen LogP) is 3.89. The highest BCUT2D eigenvalue weighted by molar-refractivity contribution is 5.76. The first kappa shape index (κ1) is 22.4. The maximum atomic E-state index is 12.0. The van der Waals surface area contributed by atoms with Crippen LogP contribution in [0.25, 0.3) is 0 Å². The van der Waals surface area contributed by atoms with Gasteiger partial charge < -0.3 is 24.1 Å². The Bertz CT molecular complexity index is 478. The Hall–Kier alpha value is -1.63. The van der Waals surface area contributed by atoms with Crippen LogP contribution in [-0.2, 0) is 19.0 Å². The van der Waals surface area contributed by atoms with Crippen LogP contribution in [0.4, 0.5) is 0 Å². The number of hydrogen-bond donors (Lipinski definition) is 1. The molecule has 0 spiro atoms. The molecule has 0 radical (unpaired) electrons. The average molecular weight is 368 g/mol. The van der Waals surface area contributed by atoms with Crippen LogP contribution in [0.5, 0.6) is 5.75 Å². The maximum absolute atomic E-state index is 12.0. The molecule has 0 heterocycles. The normalized spacial score (nSPS) is 13.3. The van der Waals surface area contributed by atoms with Gasteiger partial charge in [0, 0.05) is 13.0 Å². The summed E-state index contributed by atoms with van der Waals surface area (Å²) in [4.78, 5) is 12.0. The number of rotatable bonds is 16. The number of ether oxygens (including phenoxy) is 4. The predicted molar refractivity (Wildman–Crippen MR) is 99.5 cm³/mol. The lowest BCUT2D eigenvalue weighted by molar-refractivity contribution is -0.218. The second-order valence-corrected chi connectivity index (χ2v) is 5.94. The van der Waals surface area contributed by atoms with E-state index in [0.717, 1.165) is 25.7 Å². The first-order chi connectivity index (χ1) is 12.6. The Morgan fingerprint density at radius 3 is 2.31 bits per heavy atom. The number of aliphatic carboxylic acids is 1. The smallest absolute Gasteiger partial charge is 0.377 e. The van der Waals surface area contributed by atoms with Crippen molar-refractivity contribution >= 4 is 5.97 Å². The van der Waals surface area contributed by atoms with Gasteiger partial charge in [-0.2, -0.15) is 0 Å². The second-order valence-electron chi connectivity index (χ2n) is 5.94. The quantitative estimate of drug-likeness (QED) is 0.352. The van der Waals surface area contributed by atoms with E-state index in [2.05, 4.69) is 6.92 Å². The first-order valence-electron chi connectivity index (χ1n) is 9.41. The summed E-state index contributed by atoms with van der Waals surface area (Å²) in [5.41, 5.74) is 0. The maximum Gasteiger partial charge on any atom is 0.377 e. The van der Waals surface area contributed by atoms with Gasteiger partial charge in [-0.05, 0) is 25.5 Å². The minimum Gasteiger partial charge on any atom is -0.476 e. The molecular weight excluding hydrogens is 336 g/mol. The van der Waals surface area contributed by atoms with E-state index in [1.54, 1.807) is 24.3 Å². The van der Waals surface area contributed by atoms with Gasteiger partial charge in [0.25, 0.3) is 0 Å². The highest BCUT2D eigenvalue weighted by Gasteiger charge is 2.42. The number of carboxylic acid groups (broad SMARTS) is 1. The van der Waals surface area contributed by atoms with E-state index in [1.165, 1.54) is 0 Å². The summed E-state index contributed by atoms with van der Waals surface area (Å²) in [5, 5.41) is 9.80. The van der Waals surface area contributed by atoms with Gasteiger partial charge in [0.1, 0.15) is 5.75 Å². The molecule has 1 unspecified atom stereocenters. The molecule has 0 aliphatic rings. The van der Waals surface area contributed by atoms with E-state index in [-0.39, 0.29) is 19.6 Å². The standard InChI is InChI=1S/C20H32O6/c1-3-5-6-10-13-20(19(21)22,26-18-11-8-7-9-12-18)25-17-16-24-15-14-23-4-2/h7-9,11-12H,3-6,10,13-17H2,1-2H3,(H,21,22). The van der Waals surface area contributed by atoms with Gasteiger partial charge in [-0.3, -0.25) is 0 Å². The summed E-state index contributed by atoms with van der Waals surface area (Å²) in [5.74, 6) is -2.34. The highest BCUT2D eigenvalue weighted by Crippen LogP contribution is 2.26. The SMILES string of the molecule is CCCCCCC(OCCOCCOCC)(Oc1ccccc1)C(=O)O. The number of benzene rings is 1. The number of para-hydroxylation sites is 1. The molecule has 148 valence electrons. The van der Waals surface area contributed by atoms with Crippen LogP contribution in [0.15, 0.2) is 30.3 Å². The van der Waals surface area contributed by atoms with Crippen molar-refractivity contribution in [3.05, 3.63) is 30.3 Å². The number of unbranched alkanes of at least 4 members (excludes halogenated alkanes) is 3. The second kappa shape index (κ2) is 13.6. The van der Waals surface area contributed by atoms with E-state index >= 15 is 0 Å². The minimum absolute atomic E-state index is 0.138. The Balaban J connectivity index is 2.63. The molecule has 1 N–H and O–H groups in total.